The van der Waals surface area contributed by atoms with Crippen molar-refractivity contribution in [2.24, 2.45) is 0 Å². The summed E-state index contributed by atoms with van der Waals surface area (Å²) in [4.78, 5) is 41.6. The van der Waals surface area contributed by atoms with Gasteiger partial charge in [0.15, 0.2) is 0 Å². The van der Waals surface area contributed by atoms with E-state index >= 15 is 0 Å². The normalized spacial score (nSPS) is 17.2. The van der Waals surface area contributed by atoms with Crippen molar-refractivity contribution >= 4 is 52.6 Å². The maximum absolute atomic E-state index is 13.3. The van der Waals surface area contributed by atoms with Crippen LogP contribution in [0.1, 0.15) is 43.1 Å². The molecule has 0 radical (unpaired) electrons. The lowest BCUT2D eigenvalue weighted by atomic mass is 9.91. The van der Waals surface area contributed by atoms with Gasteiger partial charge in [0.2, 0.25) is 0 Å². The minimum absolute atomic E-state index is 0.0519. The molecule has 0 aromatic heterocycles. The van der Waals surface area contributed by atoms with E-state index in [0.29, 0.717) is 50.9 Å². The molecule has 2 heterocycles. The second-order valence-corrected chi connectivity index (χ2v) is 12.5. The summed E-state index contributed by atoms with van der Waals surface area (Å²) in [5.41, 5.74) is 2.95. The number of rotatable bonds is 7. The number of anilines is 2. The van der Waals surface area contributed by atoms with Gasteiger partial charge in [-0.3, -0.25) is 9.59 Å². The number of halogens is 1. The molecule has 1 unspecified atom stereocenters. The first-order valence-electron chi connectivity index (χ1n) is 13.4. The third-order valence-corrected chi connectivity index (χ3v) is 8.69. The van der Waals surface area contributed by atoms with E-state index in [-0.39, 0.29) is 23.7 Å². The van der Waals surface area contributed by atoms with Crippen LogP contribution >= 0.6 is 23.4 Å². The first kappa shape index (κ1) is 29.5. The zero-order valence-corrected chi connectivity index (χ0v) is 25.5. The first-order valence-corrected chi connectivity index (χ1v) is 14.6. The van der Waals surface area contributed by atoms with Crippen LogP contribution in [0.25, 0.3) is 11.1 Å². The molecule has 2 aliphatic rings. The van der Waals surface area contributed by atoms with Crippen LogP contribution in [0.3, 0.4) is 0 Å². The summed E-state index contributed by atoms with van der Waals surface area (Å²) >= 11 is 7.42. The second kappa shape index (κ2) is 11.7. The number of esters is 2. The van der Waals surface area contributed by atoms with E-state index in [1.54, 1.807) is 54.4 Å². The van der Waals surface area contributed by atoms with E-state index in [1.165, 1.54) is 18.9 Å². The summed E-state index contributed by atoms with van der Waals surface area (Å²) in [5.74, 6) is -0.244. The molecule has 10 heteroatoms. The largest absolute Gasteiger partial charge is 0.496 e. The predicted molar refractivity (Wildman–Crippen MR) is 166 cm³/mol. The third kappa shape index (κ3) is 5.84. The zero-order chi connectivity index (χ0) is 30.2. The van der Waals surface area contributed by atoms with Crippen LogP contribution in [-0.2, 0) is 20.9 Å². The number of fused-ring (bicyclic) bond motifs is 1. The molecule has 1 N–H and O–H groups in total. The van der Waals surface area contributed by atoms with Gasteiger partial charge in [-0.2, -0.15) is 0 Å². The van der Waals surface area contributed by atoms with Crippen LogP contribution in [0.15, 0.2) is 65.6 Å². The fourth-order valence-electron chi connectivity index (χ4n) is 5.11. The molecule has 42 heavy (non-hydrogen) atoms. The van der Waals surface area contributed by atoms with Gasteiger partial charge in [-0.1, -0.05) is 23.7 Å². The van der Waals surface area contributed by atoms with Crippen molar-refractivity contribution in [3.8, 4) is 22.6 Å². The van der Waals surface area contributed by atoms with Gasteiger partial charge in [-0.05, 0) is 80.1 Å². The Balaban J connectivity index is 1.51. The van der Waals surface area contributed by atoms with Crippen molar-refractivity contribution in [3.63, 3.8) is 0 Å². The van der Waals surface area contributed by atoms with E-state index in [9.17, 15) is 14.4 Å². The minimum atomic E-state index is -0.811. The van der Waals surface area contributed by atoms with Crippen LogP contribution in [0.5, 0.6) is 11.5 Å². The summed E-state index contributed by atoms with van der Waals surface area (Å²) in [6.45, 7) is 5.56. The second-order valence-electron chi connectivity index (χ2n) is 10.6. The molecule has 5 rings (SSSR count). The molecule has 0 spiro atoms. The van der Waals surface area contributed by atoms with Crippen LogP contribution in [0, 0.1) is 0 Å². The number of nitrogens with zero attached hydrogens (tertiary/aromatic N) is 1. The van der Waals surface area contributed by atoms with E-state index < -0.39 is 11.5 Å². The molecule has 0 bridgehead atoms. The number of carbonyl (C=O) groups excluding carboxylic acids is 3. The van der Waals surface area contributed by atoms with E-state index in [4.69, 9.17) is 25.8 Å². The SMILES string of the molecule is COc1cc(OC(=O)c2ccc(Cl)cc2)ccc1-c1ccc2c(c1COC(=O)C1CC=C(C)S1)N(C)C(=O)C(C)(C)N2. The van der Waals surface area contributed by atoms with Crippen LogP contribution in [0.4, 0.5) is 11.4 Å². The Bertz CT molecular complexity index is 1600. The summed E-state index contributed by atoms with van der Waals surface area (Å²) in [7, 11) is 3.24. The number of likely N-dealkylation sites (N-methyl/N-ethyl adjacent to an activating group) is 1. The van der Waals surface area contributed by atoms with Crippen molar-refractivity contribution in [1.29, 1.82) is 0 Å². The molecule has 3 aromatic carbocycles. The molecule has 218 valence electrons. The number of nitrogens with one attached hydrogen (secondary N) is 1. The topological polar surface area (TPSA) is 94.2 Å². The van der Waals surface area contributed by atoms with E-state index in [2.05, 4.69) is 5.32 Å². The van der Waals surface area contributed by atoms with Crippen LogP contribution in [0.2, 0.25) is 5.02 Å². The number of hydrogen-bond donors (Lipinski definition) is 1. The van der Waals surface area contributed by atoms with Gasteiger partial charge in [0.25, 0.3) is 5.91 Å². The summed E-state index contributed by atoms with van der Waals surface area (Å²) in [6, 6.07) is 15.3. The van der Waals surface area contributed by atoms with Gasteiger partial charge in [-0.15, -0.1) is 11.8 Å². The molecule has 2 aliphatic heterocycles. The highest BCUT2D eigenvalue weighted by molar-refractivity contribution is 8.04. The number of benzene rings is 3. The number of allylic oxidation sites excluding steroid dienone is 2. The average molecular weight is 607 g/mol. The fraction of sp³-hybridized carbons (Fsp3) is 0.281. The molecule has 1 atom stereocenters. The third-order valence-electron chi connectivity index (χ3n) is 7.23. The van der Waals surface area contributed by atoms with Crippen LogP contribution < -0.4 is 19.7 Å². The van der Waals surface area contributed by atoms with Gasteiger partial charge < -0.3 is 24.4 Å². The van der Waals surface area contributed by atoms with Crippen LogP contribution in [-0.4, -0.2) is 42.8 Å². The van der Waals surface area contributed by atoms with Gasteiger partial charge in [0.05, 0.1) is 24.0 Å². The number of thioether (sulfide) groups is 1. The molecule has 0 saturated heterocycles. The molecule has 0 saturated carbocycles. The standard InChI is InChI=1S/C32H31ClN2O6S/c1-18-6-15-27(42-18)30(37)40-17-24-22(13-14-25-28(24)35(4)31(38)32(2,3)34-25)23-12-11-21(16-26(23)39-5)41-29(36)19-7-9-20(33)10-8-19/h6-14,16,27,34H,15,17H2,1-5H3. The lowest BCUT2D eigenvalue weighted by molar-refractivity contribution is -0.144. The molecule has 8 nitrogen and oxygen atoms in total. The molecular formula is C32H31ClN2O6S. The van der Waals surface area contributed by atoms with Gasteiger partial charge >= 0.3 is 11.9 Å². The lowest BCUT2D eigenvalue weighted by Gasteiger charge is -2.39. The monoisotopic (exact) mass is 606 g/mol. The van der Waals surface area contributed by atoms with Crippen molar-refractivity contribution in [2.45, 2.75) is 44.6 Å². The Hall–Kier alpha value is -3.95. The fourth-order valence-corrected chi connectivity index (χ4v) is 6.24. The Kier molecular flexibility index (Phi) is 8.25. The lowest BCUT2D eigenvalue weighted by Crippen LogP contribution is -2.52. The van der Waals surface area contributed by atoms with Gasteiger partial charge in [-0.25, -0.2) is 4.79 Å². The van der Waals surface area contributed by atoms with Gasteiger partial charge in [0, 0.05) is 29.3 Å². The zero-order valence-electron chi connectivity index (χ0n) is 23.9. The average Bonchev–Trinajstić information content (AvgIpc) is 3.41. The maximum atomic E-state index is 13.3. The summed E-state index contributed by atoms with van der Waals surface area (Å²) in [5, 5.41) is 3.54. The smallest absolute Gasteiger partial charge is 0.343 e. The van der Waals surface area contributed by atoms with Crippen molar-refractivity contribution in [2.75, 3.05) is 24.4 Å². The first-order chi connectivity index (χ1) is 20.0. The number of ether oxygens (including phenoxy) is 3. The maximum Gasteiger partial charge on any atom is 0.343 e. The highest BCUT2D eigenvalue weighted by Crippen LogP contribution is 2.45. The van der Waals surface area contributed by atoms with Gasteiger partial charge in [0.1, 0.15) is 28.9 Å². The van der Waals surface area contributed by atoms with E-state index in [1.807, 2.05) is 39.0 Å². The number of hydrogen-bond acceptors (Lipinski definition) is 8. The highest BCUT2D eigenvalue weighted by Gasteiger charge is 2.39. The molecule has 0 aliphatic carbocycles. The summed E-state index contributed by atoms with van der Waals surface area (Å²) < 4.78 is 17.2. The Morgan fingerprint density at radius 3 is 2.48 bits per heavy atom. The summed E-state index contributed by atoms with van der Waals surface area (Å²) in [6.07, 6.45) is 2.64. The number of methoxy groups -OCH3 is 1. The quantitative estimate of drug-likeness (QED) is 0.230. The van der Waals surface area contributed by atoms with Crippen molar-refractivity contribution < 1.29 is 28.6 Å². The Morgan fingerprint density at radius 2 is 1.81 bits per heavy atom. The number of amides is 1. The predicted octanol–water partition coefficient (Wildman–Crippen LogP) is 6.85. The Morgan fingerprint density at radius 1 is 1.10 bits per heavy atom. The van der Waals surface area contributed by atoms with E-state index in [0.717, 1.165) is 10.6 Å². The molecule has 0 fully saturated rings. The number of carbonyl (C=O) groups is 3. The molecular weight excluding hydrogens is 576 g/mol. The minimum Gasteiger partial charge on any atom is -0.496 e. The van der Waals surface area contributed by atoms with Crippen molar-refractivity contribution in [1.82, 2.24) is 0 Å². The molecule has 3 aromatic rings. The molecule has 1 amide bonds. The van der Waals surface area contributed by atoms with Crippen molar-refractivity contribution in [3.05, 3.63) is 81.7 Å². The Labute approximate surface area is 254 Å². The highest BCUT2D eigenvalue weighted by atomic mass is 35.5.